The van der Waals surface area contributed by atoms with Crippen molar-refractivity contribution in [2.75, 3.05) is 19.3 Å². The second-order valence-electron chi connectivity index (χ2n) is 4.89. The molecule has 6 heteroatoms. The largest absolute Gasteiger partial charge is 0.370 e. The molecule has 2 aliphatic rings. The number of aliphatic imine (C=N–C) groups is 1. The van der Waals surface area contributed by atoms with Gasteiger partial charge in [-0.2, -0.15) is 0 Å². The van der Waals surface area contributed by atoms with Crippen LogP contribution >= 0.6 is 0 Å². The molecule has 1 spiro atoms. The van der Waals surface area contributed by atoms with Gasteiger partial charge in [0.25, 0.3) is 0 Å². The second kappa shape index (κ2) is 4.01. The molecular formula is C11H19N3O2S. The Morgan fingerprint density at radius 3 is 3.00 bits per heavy atom. The van der Waals surface area contributed by atoms with Crippen LogP contribution in [0, 0.1) is 0 Å². The smallest absolute Gasteiger partial charge is 0.192 e. The van der Waals surface area contributed by atoms with Crippen molar-refractivity contribution in [2.24, 2.45) is 10.7 Å². The maximum atomic E-state index is 11.9. The van der Waals surface area contributed by atoms with Crippen LogP contribution in [0.15, 0.2) is 17.6 Å². The van der Waals surface area contributed by atoms with Crippen molar-refractivity contribution in [2.45, 2.75) is 30.1 Å². The van der Waals surface area contributed by atoms with Gasteiger partial charge in [0.05, 0.1) is 17.3 Å². The molecule has 1 heterocycles. The molecule has 5 nitrogen and oxygen atoms in total. The molecule has 0 saturated heterocycles. The van der Waals surface area contributed by atoms with Crippen LogP contribution in [-0.4, -0.2) is 49.4 Å². The fraction of sp³-hybridized carbons (Fsp3) is 0.727. The number of nitrogens with zero attached hydrogens (tertiary/aromatic N) is 2. The zero-order valence-electron chi connectivity index (χ0n) is 10.1. The van der Waals surface area contributed by atoms with Crippen LogP contribution in [0.3, 0.4) is 0 Å². The van der Waals surface area contributed by atoms with E-state index in [9.17, 15) is 8.42 Å². The van der Waals surface area contributed by atoms with E-state index in [0.29, 0.717) is 25.5 Å². The summed E-state index contributed by atoms with van der Waals surface area (Å²) in [5.41, 5.74) is 5.43. The fourth-order valence-electron chi connectivity index (χ4n) is 3.15. The molecule has 0 aromatic carbocycles. The third-order valence-corrected chi connectivity index (χ3v) is 5.54. The minimum atomic E-state index is -3.07. The first kappa shape index (κ1) is 12.4. The van der Waals surface area contributed by atoms with Crippen LogP contribution in [0.2, 0.25) is 0 Å². The van der Waals surface area contributed by atoms with E-state index < -0.39 is 15.4 Å². The lowest BCUT2D eigenvalue weighted by Crippen LogP contribution is -2.58. The Morgan fingerprint density at radius 2 is 2.41 bits per heavy atom. The zero-order valence-corrected chi connectivity index (χ0v) is 10.9. The summed E-state index contributed by atoms with van der Waals surface area (Å²) in [7, 11) is -3.07. The Morgan fingerprint density at radius 1 is 1.71 bits per heavy atom. The topological polar surface area (TPSA) is 75.8 Å². The summed E-state index contributed by atoms with van der Waals surface area (Å²) in [5.74, 6) is 0.445. The predicted octanol–water partition coefficient (Wildman–Crippen LogP) is 0.139. The highest BCUT2D eigenvalue weighted by Crippen LogP contribution is 2.42. The lowest BCUT2D eigenvalue weighted by molar-refractivity contribution is 0.226. The van der Waals surface area contributed by atoms with Crippen LogP contribution in [-0.2, 0) is 9.84 Å². The highest BCUT2D eigenvalue weighted by atomic mass is 32.2. The molecule has 1 aliphatic heterocycles. The lowest BCUT2D eigenvalue weighted by atomic mass is 9.96. The Labute approximate surface area is 102 Å². The van der Waals surface area contributed by atoms with E-state index in [4.69, 9.17) is 5.73 Å². The van der Waals surface area contributed by atoms with E-state index in [-0.39, 0.29) is 5.25 Å². The highest BCUT2D eigenvalue weighted by Gasteiger charge is 2.54. The Kier molecular flexibility index (Phi) is 2.93. The van der Waals surface area contributed by atoms with Crippen molar-refractivity contribution in [3.8, 4) is 0 Å². The van der Waals surface area contributed by atoms with Crippen molar-refractivity contribution < 1.29 is 8.42 Å². The first-order chi connectivity index (χ1) is 7.92. The Hall–Kier alpha value is -1.04. The summed E-state index contributed by atoms with van der Waals surface area (Å²) in [4.78, 5) is 6.16. The number of nitrogens with two attached hydrogens (primary N) is 1. The molecule has 2 atom stereocenters. The summed E-state index contributed by atoms with van der Waals surface area (Å²) in [6.45, 7) is 4.75. The van der Waals surface area contributed by atoms with E-state index in [2.05, 4.69) is 11.6 Å². The van der Waals surface area contributed by atoms with Gasteiger partial charge >= 0.3 is 0 Å². The molecule has 1 aliphatic carbocycles. The third-order valence-electron chi connectivity index (χ3n) is 3.83. The molecular weight excluding hydrogens is 238 g/mol. The van der Waals surface area contributed by atoms with E-state index in [1.54, 1.807) is 6.08 Å². The van der Waals surface area contributed by atoms with Crippen molar-refractivity contribution >= 4 is 15.8 Å². The maximum Gasteiger partial charge on any atom is 0.192 e. The van der Waals surface area contributed by atoms with Crippen molar-refractivity contribution in [3.05, 3.63) is 12.7 Å². The summed E-state index contributed by atoms with van der Waals surface area (Å²) in [6, 6.07) is 0. The third kappa shape index (κ3) is 1.84. The SMILES string of the molecule is C=CCN1C(N)=NCC12CCCC2S(C)(=O)=O. The van der Waals surface area contributed by atoms with Gasteiger partial charge in [-0.3, -0.25) is 4.99 Å². The number of hydrogen-bond acceptors (Lipinski definition) is 5. The molecule has 2 rings (SSSR count). The molecule has 0 bridgehead atoms. The van der Waals surface area contributed by atoms with Crippen LogP contribution < -0.4 is 5.73 Å². The van der Waals surface area contributed by atoms with Crippen LogP contribution in [0.1, 0.15) is 19.3 Å². The minimum absolute atomic E-state index is 0.361. The monoisotopic (exact) mass is 257 g/mol. The van der Waals surface area contributed by atoms with Crippen LogP contribution in [0.5, 0.6) is 0 Å². The second-order valence-corrected chi connectivity index (χ2v) is 7.12. The predicted molar refractivity (Wildman–Crippen MR) is 68.6 cm³/mol. The molecule has 2 unspecified atom stereocenters. The van der Waals surface area contributed by atoms with Gasteiger partial charge in [-0.05, 0) is 19.3 Å². The van der Waals surface area contributed by atoms with E-state index in [1.165, 1.54) is 6.26 Å². The van der Waals surface area contributed by atoms with Crippen molar-refractivity contribution in [1.29, 1.82) is 0 Å². The van der Waals surface area contributed by atoms with E-state index >= 15 is 0 Å². The summed E-state index contributed by atoms with van der Waals surface area (Å²) < 4.78 is 23.8. The lowest BCUT2D eigenvalue weighted by Gasteiger charge is -2.39. The van der Waals surface area contributed by atoms with Gasteiger partial charge in [-0.25, -0.2) is 8.42 Å². The van der Waals surface area contributed by atoms with Gasteiger partial charge in [0, 0.05) is 12.8 Å². The molecule has 96 valence electrons. The standard InChI is InChI=1S/C11H19N3O2S/c1-3-7-14-10(12)13-8-11(14)6-4-5-9(11)17(2,15)16/h3,9H,1,4-8H2,2H3,(H2,12,13). The van der Waals surface area contributed by atoms with Crippen molar-refractivity contribution in [1.82, 2.24) is 4.90 Å². The molecule has 1 saturated carbocycles. The number of guanidine groups is 1. The molecule has 0 radical (unpaired) electrons. The average Bonchev–Trinajstić information content (AvgIpc) is 2.78. The first-order valence-electron chi connectivity index (χ1n) is 5.79. The summed E-state index contributed by atoms with van der Waals surface area (Å²) >= 11 is 0. The minimum Gasteiger partial charge on any atom is -0.370 e. The van der Waals surface area contributed by atoms with Crippen molar-refractivity contribution in [3.63, 3.8) is 0 Å². The van der Waals surface area contributed by atoms with Gasteiger partial charge in [0.2, 0.25) is 0 Å². The fourth-order valence-corrected chi connectivity index (χ4v) is 4.86. The molecule has 0 aromatic rings. The summed E-state index contributed by atoms with van der Waals surface area (Å²) in [5, 5.41) is -0.361. The average molecular weight is 257 g/mol. The Balaban J connectivity index is 2.38. The zero-order chi connectivity index (χ0) is 12.7. The van der Waals surface area contributed by atoms with Crippen LogP contribution in [0.4, 0.5) is 0 Å². The molecule has 0 amide bonds. The van der Waals surface area contributed by atoms with Gasteiger partial charge in [-0.1, -0.05) is 6.08 Å². The first-order valence-corrected chi connectivity index (χ1v) is 7.74. The quantitative estimate of drug-likeness (QED) is 0.730. The molecule has 2 N–H and O–H groups in total. The van der Waals surface area contributed by atoms with E-state index in [1.807, 2.05) is 4.90 Å². The number of rotatable bonds is 3. The molecule has 17 heavy (non-hydrogen) atoms. The maximum absolute atomic E-state index is 11.9. The number of sulfone groups is 1. The Bertz CT molecular complexity index is 457. The molecule has 1 fully saturated rings. The van der Waals surface area contributed by atoms with Crippen LogP contribution in [0.25, 0.3) is 0 Å². The summed E-state index contributed by atoms with van der Waals surface area (Å²) in [6.07, 6.45) is 5.50. The van der Waals surface area contributed by atoms with E-state index in [0.717, 1.165) is 12.8 Å². The normalized spacial score (nSPS) is 33.1. The number of hydrogen-bond donors (Lipinski definition) is 1. The van der Waals surface area contributed by atoms with Gasteiger partial charge in [-0.15, -0.1) is 6.58 Å². The van der Waals surface area contributed by atoms with Gasteiger partial charge in [0.1, 0.15) is 0 Å². The van der Waals surface area contributed by atoms with Gasteiger partial charge in [0.15, 0.2) is 15.8 Å². The van der Waals surface area contributed by atoms with Gasteiger partial charge < -0.3 is 10.6 Å². The highest BCUT2D eigenvalue weighted by molar-refractivity contribution is 7.91. The molecule has 0 aromatic heterocycles.